The van der Waals surface area contributed by atoms with Crippen LogP contribution in [-0.4, -0.2) is 13.2 Å². The van der Waals surface area contributed by atoms with Gasteiger partial charge in [-0.1, -0.05) is 40.2 Å². The molecule has 0 aliphatic carbocycles. The fraction of sp³-hybridized carbons (Fsp3) is 0.500. The second kappa shape index (κ2) is 6.69. The van der Waals surface area contributed by atoms with E-state index in [4.69, 9.17) is 9.05 Å². The van der Waals surface area contributed by atoms with Crippen LogP contribution in [-0.2, 0) is 13.6 Å². The zero-order valence-electron chi connectivity index (χ0n) is 10.4. The van der Waals surface area contributed by atoms with Gasteiger partial charge in [-0.05, 0) is 31.9 Å². The molecular formula is C12H18BrO3P. The highest BCUT2D eigenvalue weighted by Crippen LogP contribution is 2.64. The Bertz CT molecular complexity index is 398. The Balaban J connectivity index is 3.04. The number of hydrogen-bond donors (Lipinski definition) is 0. The summed E-state index contributed by atoms with van der Waals surface area (Å²) in [5.41, 5.74) is 2.01. The zero-order valence-corrected chi connectivity index (χ0v) is 12.8. The number of aryl methyl sites for hydroxylation is 1. The molecule has 0 bridgehead atoms. The van der Waals surface area contributed by atoms with Crippen molar-refractivity contribution < 1.29 is 13.6 Å². The Hall–Kier alpha value is -0.150. The molecule has 0 fully saturated rings. The molecule has 1 rings (SSSR count). The third-order valence-electron chi connectivity index (χ3n) is 2.34. The minimum Gasteiger partial charge on any atom is -0.308 e. The maximum atomic E-state index is 12.6. The van der Waals surface area contributed by atoms with Gasteiger partial charge in [0.15, 0.2) is 0 Å². The van der Waals surface area contributed by atoms with E-state index >= 15 is 0 Å². The largest absolute Gasteiger partial charge is 0.348 e. The van der Waals surface area contributed by atoms with Crippen LogP contribution >= 0.6 is 23.5 Å². The molecule has 0 saturated carbocycles. The smallest absolute Gasteiger partial charge is 0.308 e. The Morgan fingerprint density at radius 2 is 1.76 bits per heavy atom. The standard InChI is InChI=1S/C12H18BrO3P/c1-4-15-17(14,16-5-2)12(13)11-9-7-6-8-10(11)3/h6-9,12H,4-5H2,1-3H3. The third-order valence-corrected chi connectivity index (χ3v) is 6.41. The van der Waals surface area contributed by atoms with Crippen molar-refractivity contribution in [2.24, 2.45) is 0 Å². The fourth-order valence-corrected chi connectivity index (χ4v) is 4.46. The van der Waals surface area contributed by atoms with Crippen molar-refractivity contribution in [1.82, 2.24) is 0 Å². The van der Waals surface area contributed by atoms with Gasteiger partial charge in [-0.25, -0.2) is 0 Å². The molecule has 0 N–H and O–H groups in total. The molecule has 0 saturated heterocycles. The molecule has 1 aromatic carbocycles. The summed E-state index contributed by atoms with van der Waals surface area (Å²) < 4.78 is 22.8. The Labute approximate surface area is 111 Å². The van der Waals surface area contributed by atoms with Crippen molar-refractivity contribution in [2.75, 3.05) is 13.2 Å². The van der Waals surface area contributed by atoms with Crippen LogP contribution in [0.1, 0.15) is 29.5 Å². The van der Waals surface area contributed by atoms with Gasteiger partial charge >= 0.3 is 7.60 Å². The van der Waals surface area contributed by atoms with Crippen LogP contribution < -0.4 is 0 Å². The van der Waals surface area contributed by atoms with Crippen LogP contribution in [0.25, 0.3) is 0 Å². The molecule has 0 heterocycles. The Kier molecular flexibility index (Phi) is 5.87. The molecule has 3 nitrogen and oxygen atoms in total. The predicted molar refractivity (Wildman–Crippen MR) is 73.7 cm³/mol. The molecule has 0 aliphatic heterocycles. The number of halogens is 1. The molecule has 5 heteroatoms. The summed E-state index contributed by atoms with van der Waals surface area (Å²) in [5.74, 6) is 0. The quantitative estimate of drug-likeness (QED) is 0.565. The van der Waals surface area contributed by atoms with Crippen molar-refractivity contribution >= 4 is 23.5 Å². The molecule has 96 valence electrons. The van der Waals surface area contributed by atoms with Crippen molar-refractivity contribution in [3.63, 3.8) is 0 Å². The van der Waals surface area contributed by atoms with Crippen LogP contribution in [0.5, 0.6) is 0 Å². The van der Waals surface area contributed by atoms with Gasteiger partial charge in [-0.15, -0.1) is 0 Å². The summed E-state index contributed by atoms with van der Waals surface area (Å²) in [6.45, 7) is 6.33. The zero-order chi connectivity index (χ0) is 12.9. The molecule has 17 heavy (non-hydrogen) atoms. The minimum atomic E-state index is -3.14. The van der Waals surface area contributed by atoms with Gasteiger partial charge < -0.3 is 9.05 Å². The first-order chi connectivity index (χ1) is 8.05. The molecule has 0 aromatic heterocycles. The first kappa shape index (κ1) is 14.9. The highest BCUT2D eigenvalue weighted by molar-refractivity contribution is 9.10. The van der Waals surface area contributed by atoms with Gasteiger partial charge in [0.1, 0.15) is 4.57 Å². The monoisotopic (exact) mass is 320 g/mol. The molecule has 1 aromatic rings. The van der Waals surface area contributed by atoms with Crippen LogP contribution in [0, 0.1) is 6.92 Å². The maximum Gasteiger partial charge on any atom is 0.348 e. The van der Waals surface area contributed by atoms with Crippen LogP contribution in [0.2, 0.25) is 0 Å². The number of alkyl halides is 1. The van der Waals surface area contributed by atoms with E-state index in [1.807, 2.05) is 45.0 Å². The lowest BCUT2D eigenvalue weighted by Gasteiger charge is -2.23. The lowest BCUT2D eigenvalue weighted by atomic mass is 10.1. The van der Waals surface area contributed by atoms with Gasteiger partial charge in [0.05, 0.1) is 13.2 Å². The number of benzene rings is 1. The van der Waals surface area contributed by atoms with Gasteiger partial charge in [0.25, 0.3) is 0 Å². The van der Waals surface area contributed by atoms with Crippen molar-refractivity contribution in [3.8, 4) is 0 Å². The van der Waals surface area contributed by atoms with Crippen LogP contribution in [0.3, 0.4) is 0 Å². The lowest BCUT2D eigenvalue weighted by Crippen LogP contribution is -2.03. The molecular weight excluding hydrogens is 303 g/mol. The summed E-state index contributed by atoms with van der Waals surface area (Å²) >= 11 is 3.45. The third kappa shape index (κ3) is 3.65. The van der Waals surface area contributed by atoms with E-state index in [0.29, 0.717) is 13.2 Å². The molecule has 0 aliphatic rings. The van der Waals surface area contributed by atoms with Gasteiger partial charge in [-0.3, -0.25) is 4.57 Å². The van der Waals surface area contributed by atoms with Crippen molar-refractivity contribution in [3.05, 3.63) is 35.4 Å². The average Bonchev–Trinajstić information content (AvgIpc) is 2.29. The molecule has 1 atom stereocenters. The van der Waals surface area contributed by atoms with E-state index in [0.717, 1.165) is 11.1 Å². The highest BCUT2D eigenvalue weighted by Gasteiger charge is 2.35. The Morgan fingerprint density at radius 1 is 1.24 bits per heavy atom. The molecule has 0 amide bonds. The van der Waals surface area contributed by atoms with E-state index in [-0.39, 0.29) is 0 Å². The van der Waals surface area contributed by atoms with E-state index in [1.54, 1.807) is 0 Å². The summed E-state index contributed by atoms with van der Waals surface area (Å²) in [5, 5.41) is 0. The van der Waals surface area contributed by atoms with Crippen molar-refractivity contribution in [1.29, 1.82) is 0 Å². The van der Waals surface area contributed by atoms with Gasteiger partial charge in [0, 0.05) is 0 Å². The van der Waals surface area contributed by atoms with Crippen LogP contribution in [0.4, 0.5) is 0 Å². The molecule has 0 spiro atoms. The summed E-state index contributed by atoms with van der Waals surface area (Å²) in [4.78, 5) is 0. The second-order valence-electron chi connectivity index (χ2n) is 3.57. The lowest BCUT2D eigenvalue weighted by molar-refractivity contribution is 0.219. The topological polar surface area (TPSA) is 35.5 Å². The summed E-state index contributed by atoms with van der Waals surface area (Å²) in [6.07, 6.45) is 0. The van der Waals surface area contributed by atoms with E-state index in [1.165, 1.54) is 0 Å². The van der Waals surface area contributed by atoms with E-state index < -0.39 is 12.2 Å². The normalized spacial score (nSPS) is 13.6. The van der Waals surface area contributed by atoms with Gasteiger partial charge in [-0.2, -0.15) is 0 Å². The number of hydrogen-bond acceptors (Lipinski definition) is 3. The van der Waals surface area contributed by atoms with Crippen LogP contribution in [0.15, 0.2) is 24.3 Å². The average molecular weight is 321 g/mol. The Morgan fingerprint density at radius 3 is 2.24 bits per heavy atom. The second-order valence-corrected chi connectivity index (χ2v) is 7.30. The first-order valence-electron chi connectivity index (χ1n) is 5.63. The maximum absolute atomic E-state index is 12.6. The summed E-state index contributed by atoms with van der Waals surface area (Å²) in [6, 6.07) is 7.77. The molecule has 1 unspecified atom stereocenters. The fourth-order valence-electron chi connectivity index (χ4n) is 1.55. The number of rotatable bonds is 6. The molecule has 0 radical (unpaired) electrons. The van der Waals surface area contributed by atoms with Gasteiger partial charge in [0.2, 0.25) is 0 Å². The first-order valence-corrected chi connectivity index (χ1v) is 8.16. The van der Waals surface area contributed by atoms with Crippen molar-refractivity contribution in [2.45, 2.75) is 25.3 Å². The highest BCUT2D eigenvalue weighted by atomic mass is 79.9. The predicted octanol–water partition coefficient (Wildman–Crippen LogP) is 4.65. The van der Waals surface area contributed by atoms with E-state index in [9.17, 15) is 4.57 Å². The minimum absolute atomic E-state index is 0.366. The SMILES string of the molecule is CCOP(=O)(OCC)C(Br)c1ccccc1C. The summed E-state index contributed by atoms with van der Waals surface area (Å²) in [7, 11) is -3.14. The van der Waals surface area contributed by atoms with E-state index in [2.05, 4.69) is 15.9 Å².